The summed E-state index contributed by atoms with van der Waals surface area (Å²) in [6, 6.07) is 12.1. The molecule has 2 aromatic carbocycles. The van der Waals surface area contributed by atoms with Crippen molar-refractivity contribution in [2.24, 2.45) is 7.05 Å². The number of aromatic nitrogens is 2. The molecule has 6 heteroatoms. The molecule has 2 heterocycles. The van der Waals surface area contributed by atoms with Crippen LogP contribution in [0.25, 0.3) is 0 Å². The lowest BCUT2D eigenvalue weighted by atomic mass is 10.1. The Labute approximate surface area is 162 Å². The van der Waals surface area contributed by atoms with E-state index in [-0.39, 0.29) is 5.25 Å². The van der Waals surface area contributed by atoms with Crippen LogP contribution >= 0.6 is 11.8 Å². The lowest BCUT2D eigenvalue weighted by Crippen LogP contribution is -2.24. The second kappa shape index (κ2) is 7.35. The number of rotatable bonds is 3. The van der Waals surface area contributed by atoms with E-state index >= 15 is 0 Å². The van der Waals surface area contributed by atoms with E-state index < -0.39 is 11.6 Å². The number of nitrogens with zero attached hydrogens (tertiary/aromatic N) is 3. The predicted molar refractivity (Wildman–Crippen MR) is 105 cm³/mol. The number of anilines is 1. The maximum absolute atomic E-state index is 14.4. The van der Waals surface area contributed by atoms with Gasteiger partial charge in [0.1, 0.15) is 11.6 Å². The van der Waals surface area contributed by atoms with Crippen molar-refractivity contribution in [3.63, 3.8) is 0 Å². The van der Waals surface area contributed by atoms with Crippen molar-refractivity contribution < 1.29 is 8.78 Å². The highest BCUT2D eigenvalue weighted by molar-refractivity contribution is 7.99. The monoisotopic (exact) mass is 385 g/mol. The van der Waals surface area contributed by atoms with Gasteiger partial charge in [0.2, 0.25) is 0 Å². The van der Waals surface area contributed by atoms with Crippen LogP contribution in [0.5, 0.6) is 0 Å². The van der Waals surface area contributed by atoms with Gasteiger partial charge in [0.05, 0.1) is 11.9 Å². The molecule has 0 fully saturated rings. The fourth-order valence-electron chi connectivity index (χ4n) is 3.47. The summed E-state index contributed by atoms with van der Waals surface area (Å²) in [4.78, 5) is 3.44. The smallest absolute Gasteiger partial charge is 0.130 e. The molecule has 1 atom stereocenters. The van der Waals surface area contributed by atoms with Gasteiger partial charge in [-0.2, -0.15) is 5.10 Å². The average molecular weight is 385 g/mol. The molecule has 0 spiro atoms. The van der Waals surface area contributed by atoms with E-state index in [1.807, 2.05) is 30.1 Å². The van der Waals surface area contributed by atoms with E-state index in [4.69, 9.17) is 0 Å². The van der Waals surface area contributed by atoms with E-state index in [1.165, 1.54) is 11.6 Å². The molecule has 0 aliphatic carbocycles. The second-order valence-corrected chi connectivity index (χ2v) is 8.07. The van der Waals surface area contributed by atoms with Crippen LogP contribution in [0.4, 0.5) is 14.5 Å². The molecule has 0 saturated heterocycles. The summed E-state index contributed by atoms with van der Waals surface area (Å²) in [6.45, 7) is 3.62. The van der Waals surface area contributed by atoms with Gasteiger partial charge >= 0.3 is 0 Å². The molecule has 0 amide bonds. The largest absolute Gasteiger partial charge is 0.366 e. The van der Waals surface area contributed by atoms with E-state index in [9.17, 15) is 8.78 Å². The molecule has 140 valence electrons. The molecular formula is C21H21F2N3S. The highest BCUT2D eigenvalue weighted by atomic mass is 32.2. The summed E-state index contributed by atoms with van der Waals surface area (Å²) in [6.07, 6.45) is 2.69. The minimum absolute atomic E-state index is 0.0493. The summed E-state index contributed by atoms with van der Waals surface area (Å²) in [5.74, 6) is -1.01. The van der Waals surface area contributed by atoms with Gasteiger partial charge < -0.3 is 4.90 Å². The van der Waals surface area contributed by atoms with Gasteiger partial charge in [0.25, 0.3) is 0 Å². The molecule has 1 aliphatic heterocycles. The van der Waals surface area contributed by atoms with Crippen LogP contribution in [-0.4, -0.2) is 16.3 Å². The Morgan fingerprint density at radius 3 is 2.74 bits per heavy atom. The van der Waals surface area contributed by atoms with Crippen LogP contribution in [0.3, 0.4) is 0 Å². The van der Waals surface area contributed by atoms with Gasteiger partial charge in [-0.15, -0.1) is 11.8 Å². The summed E-state index contributed by atoms with van der Waals surface area (Å²) in [5.41, 5.74) is 4.04. The zero-order chi connectivity index (χ0) is 19.0. The molecule has 4 rings (SSSR count). The summed E-state index contributed by atoms with van der Waals surface area (Å²) < 4.78 is 29.6. The van der Waals surface area contributed by atoms with E-state index in [2.05, 4.69) is 29.1 Å². The summed E-state index contributed by atoms with van der Waals surface area (Å²) in [7, 11) is 1.94. The zero-order valence-electron chi connectivity index (χ0n) is 15.3. The minimum atomic E-state index is -0.538. The Morgan fingerprint density at radius 1 is 1.19 bits per heavy atom. The van der Waals surface area contributed by atoms with Gasteiger partial charge in [-0.1, -0.05) is 18.2 Å². The van der Waals surface area contributed by atoms with Gasteiger partial charge in [-0.3, -0.25) is 4.68 Å². The van der Waals surface area contributed by atoms with Crippen LogP contribution in [-0.2, 0) is 13.6 Å². The second-order valence-electron chi connectivity index (χ2n) is 6.83. The van der Waals surface area contributed by atoms with Gasteiger partial charge in [-0.25, -0.2) is 8.78 Å². The first kappa shape index (κ1) is 18.0. The fourth-order valence-corrected chi connectivity index (χ4v) is 4.80. The molecule has 0 bridgehead atoms. The zero-order valence-corrected chi connectivity index (χ0v) is 16.1. The maximum Gasteiger partial charge on any atom is 0.130 e. The number of halogens is 2. The topological polar surface area (TPSA) is 21.1 Å². The Kier molecular flexibility index (Phi) is 4.91. The van der Waals surface area contributed by atoms with Crippen LogP contribution in [0, 0.1) is 18.6 Å². The normalized spacial score (nSPS) is 16.9. The van der Waals surface area contributed by atoms with E-state index in [0.29, 0.717) is 5.56 Å². The van der Waals surface area contributed by atoms with Crippen molar-refractivity contribution in [1.82, 2.24) is 9.78 Å². The molecule has 0 radical (unpaired) electrons. The Bertz CT molecular complexity index is 970. The number of para-hydroxylation sites is 1. The van der Waals surface area contributed by atoms with Crippen molar-refractivity contribution in [2.75, 3.05) is 11.4 Å². The van der Waals surface area contributed by atoms with Crippen LogP contribution in [0.15, 0.2) is 53.6 Å². The quantitative estimate of drug-likeness (QED) is 0.614. The number of fused-ring (bicyclic) bond motifs is 1. The number of hydrogen-bond acceptors (Lipinski definition) is 3. The molecule has 1 aliphatic rings. The fraction of sp³-hybridized carbons (Fsp3) is 0.286. The van der Waals surface area contributed by atoms with Gasteiger partial charge in [0.15, 0.2) is 0 Å². The van der Waals surface area contributed by atoms with Crippen LogP contribution < -0.4 is 4.90 Å². The molecular weight excluding hydrogens is 364 g/mol. The molecule has 3 aromatic rings. The first-order valence-electron chi connectivity index (χ1n) is 8.96. The average Bonchev–Trinajstić information content (AvgIpc) is 2.86. The maximum atomic E-state index is 14.4. The Morgan fingerprint density at radius 2 is 2.00 bits per heavy atom. The van der Waals surface area contributed by atoms with E-state index in [1.54, 1.807) is 17.8 Å². The molecule has 27 heavy (non-hydrogen) atoms. The lowest BCUT2D eigenvalue weighted by Gasteiger charge is -2.24. The third-order valence-corrected chi connectivity index (χ3v) is 6.52. The number of benzene rings is 2. The van der Waals surface area contributed by atoms with Crippen LogP contribution in [0.1, 0.15) is 28.5 Å². The van der Waals surface area contributed by atoms with Crippen LogP contribution in [0.2, 0.25) is 0 Å². The van der Waals surface area contributed by atoms with Crippen molar-refractivity contribution in [3.05, 3.63) is 77.1 Å². The summed E-state index contributed by atoms with van der Waals surface area (Å²) >= 11 is 1.65. The number of aryl methyl sites for hydroxylation is 1. The molecule has 1 aromatic heterocycles. The third-order valence-electron chi connectivity index (χ3n) is 5.14. The highest BCUT2D eigenvalue weighted by Crippen LogP contribution is 2.46. The Balaban J connectivity index is 1.66. The SMILES string of the molecule is Cc1c(CN2CCC(c3ccc(F)cc3F)Sc3ccccc32)cnn1C. The third kappa shape index (κ3) is 3.58. The molecule has 3 nitrogen and oxygen atoms in total. The molecule has 0 N–H and O–H groups in total. The first-order chi connectivity index (χ1) is 13.0. The highest BCUT2D eigenvalue weighted by Gasteiger charge is 2.25. The number of thioether (sulfide) groups is 1. The van der Waals surface area contributed by atoms with E-state index in [0.717, 1.165) is 41.9 Å². The molecule has 0 saturated carbocycles. The van der Waals surface area contributed by atoms with Crippen molar-refractivity contribution in [2.45, 2.75) is 30.0 Å². The first-order valence-corrected chi connectivity index (χ1v) is 9.84. The van der Waals surface area contributed by atoms with Crippen molar-refractivity contribution >= 4 is 17.4 Å². The van der Waals surface area contributed by atoms with Gasteiger partial charge in [-0.05, 0) is 31.5 Å². The van der Waals surface area contributed by atoms with Crippen molar-refractivity contribution in [3.8, 4) is 0 Å². The lowest BCUT2D eigenvalue weighted by molar-refractivity contribution is 0.567. The Hall–Kier alpha value is -2.34. The summed E-state index contributed by atoms with van der Waals surface area (Å²) in [5, 5.41) is 4.29. The predicted octanol–water partition coefficient (Wildman–Crippen LogP) is 5.25. The molecule has 1 unspecified atom stereocenters. The number of hydrogen-bond donors (Lipinski definition) is 0. The van der Waals surface area contributed by atoms with Gasteiger partial charge in [0, 0.05) is 53.2 Å². The standard InChI is InChI=1S/C21H21F2N3S/c1-14-15(12-24-25(14)2)13-26-10-9-20(17-8-7-16(22)11-18(17)23)27-21-6-4-3-5-19(21)26/h3-8,11-12,20H,9-10,13H2,1-2H3. The minimum Gasteiger partial charge on any atom is -0.366 e. The van der Waals surface area contributed by atoms with Crippen molar-refractivity contribution in [1.29, 1.82) is 0 Å².